The largest absolute Gasteiger partial charge is 0.493 e. The van der Waals surface area contributed by atoms with Crippen LogP contribution in [0.3, 0.4) is 0 Å². The first-order chi connectivity index (χ1) is 25.8. The molecule has 0 radical (unpaired) electrons. The Morgan fingerprint density at radius 2 is 1.85 bits per heavy atom. The van der Waals surface area contributed by atoms with Crippen LogP contribution < -0.4 is 19.5 Å². The van der Waals surface area contributed by atoms with E-state index in [0.29, 0.717) is 30.8 Å². The zero-order valence-electron chi connectivity index (χ0n) is 32.3. The molecule has 3 aliphatic heterocycles. The van der Waals surface area contributed by atoms with Gasteiger partial charge < -0.3 is 29.2 Å². The molecule has 0 spiro atoms. The number of fused-ring (bicyclic) bond motifs is 3. The van der Waals surface area contributed by atoms with Crippen molar-refractivity contribution in [1.29, 1.82) is 0 Å². The summed E-state index contributed by atoms with van der Waals surface area (Å²) in [6.07, 6.45) is 3.74. The van der Waals surface area contributed by atoms with Crippen LogP contribution in [0.2, 0.25) is 0 Å². The van der Waals surface area contributed by atoms with Gasteiger partial charge >= 0.3 is 12.2 Å². The van der Waals surface area contributed by atoms with Gasteiger partial charge in [0.05, 0.1) is 36.9 Å². The SMILES string of the molecule is C=C[C@H]1C[C@@]1(CC(=O)C1C[C@@H]2CN1C(=O)[C@H](C(C)(C)C)NC(=O)OC(C)(C)C/C=C/COc1c(OC)ccc3c1CN(C3)C(=O)O2)C(=O)NS(=O)(=O)C1CC1. The number of Topliss-reactive ketones (excluding diaryl/α,β-unsaturated/α-hetero) is 1. The van der Waals surface area contributed by atoms with Crippen LogP contribution >= 0.6 is 0 Å². The van der Waals surface area contributed by atoms with Crippen molar-refractivity contribution in [2.75, 3.05) is 20.3 Å². The van der Waals surface area contributed by atoms with Crippen LogP contribution in [0.4, 0.5) is 9.59 Å². The average Bonchev–Trinajstić information content (AvgIpc) is 3.99. The molecule has 55 heavy (non-hydrogen) atoms. The molecule has 16 heteroatoms. The first-order valence-electron chi connectivity index (χ1n) is 18.7. The molecular formula is C39H52N4O11S. The molecule has 1 aromatic rings. The highest BCUT2D eigenvalue weighted by Gasteiger charge is 2.61. The number of carbonyl (C=O) groups excluding carboxylic acids is 5. The highest BCUT2D eigenvalue weighted by Crippen LogP contribution is 2.57. The summed E-state index contributed by atoms with van der Waals surface area (Å²) >= 11 is 0. The lowest BCUT2D eigenvalue weighted by Gasteiger charge is -2.36. The smallest absolute Gasteiger partial charge is 0.410 e. The van der Waals surface area contributed by atoms with E-state index in [1.165, 1.54) is 23.0 Å². The maximum absolute atomic E-state index is 14.6. The summed E-state index contributed by atoms with van der Waals surface area (Å²) in [4.78, 5) is 72.4. The van der Waals surface area contributed by atoms with Crippen LogP contribution in [-0.2, 0) is 47.0 Å². The summed E-state index contributed by atoms with van der Waals surface area (Å²) in [5, 5.41) is 2.08. The van der Waals surface area contributed by atoms with Gasteiger partial charge in [0.15, 0.2) is 17.3 Å². The fourth-order valence-electron chi connectivity index (χ4n) is 7.65. The van der Waals surface area contributed by atoms with Crippen LogP contribution in [0.1, 0.15) is 84.3 Å². The fourth-order valence-corrected chi connectivity index (χ4v) is 9.03. The molecule has 4 bridgehead atoms. The van der Waals surface area contributed by atoms with E-state index in [-0.39, 0.29) is 45.5 Å². The fraction of sp³-hybridized carbons (Fsp3) is 0.615. The second-order valence-electron chi connectivity index (χ2n) is 16.9. The third kappa shape index (κ3) is 8.48. The molecular weight excluding hydrogens is 733 g/mol. The van der Waals surface area contributed by atoms with Gasteiger partial charge in [-0.2, -0.15) is 0 Å². The number of ether oxygens (including phenoxy) is 4. The van der Waals surface area contributed by atoms with E-state index in [1.54, 1.807) is 46.8 Å². The first kappa shape index (κ1) is 40.1. The van der Waals surface area contributed by atoms with Crippen molar-refractivity contribution in [2.45, 2.75) is 115 Å². The Kier molecular flexibility index (Phi) is 10.8. The van der Waals surface area contributed by atoms with Crippen LogP contribution in [0.5, 0.6) is 11.5 Å². The molecule has 1 saturated heterocycles. The van der Waals surface area contributed by atoms with Gasteiger partial charge in [-0.25, -0.2) is 18.0 Å². The lowest BCUT2D eigenvalue weighted by atomic mass is 9.85. The van der Waals surface area contributed by atoms with Crippen LogP contribution in [0.25, 0.3) is 0 Å². The van der Waals surface area contributed by atoms with Gasteiger partial charge in [-0.3, -0.25) is 24.0 Å². The van der Waals surface area contributed by atoms with Crippen molar-refractivity contribution in [2.24, 2.45) is 16.7 Å². The summed E-state index contributed by atoms with van der Waals surface area (Å²) < 4.78 is 51.1. The molecule has 1 unspecified atom stereocenters. The van der Waals surface area contributed by atoms with Crippen molar-refractivity contribution in [1.82, 2.24) is 19.8 Å². The number of benzene rings is 1. The van der Waals surface area contributed by atoms with E-state index in [9.17, 15) is 32.4 Å². The Bertz CT molecular complexity index is 1900. The van der Waals surface area contributed by atoms with Crippen LogP contribution in [0, 0.1) is 16.7 Å². The van der Waals surface area contributed by atoms with Crippen molar-refractivity contribution in [3.63, 3.8) is 0 Å². The van der Waals surface area contributed by atoms with Crippen molar-refractivity contribution < 1.29 is 51.3 Å². The predicted octanol–water partition coefficient (Wildman–Crippen LogP) is 4.14. The average molecular weight is 785 g/mol. The molecule has 3 heterocycles. The van der Waals surface area contributed by atoms with E-state index in [0.717, 1.165) is 11.1 Å². The maximum Gasteiger partial charge on any atom is 0.410 e. The normalized spacial score (nSPS) is 28.9. The number of allylic oxidation sites excluding steroid dienone is 1. The van der Waals surface area contributed by atoms with E-state index < -0.39 is 85.6 Å². The quantitative estimate of drug-likeness (QED) is 0.361. The number of ketones is 1. The Labute approximate surface area is 322 Å². The summed E-state index contributed by atoms with van der Waals surface area (Å²) in [6.45, 7) is 13.0. The standard InChI is InChI=1S/C39H52N4O11S/c1-8-24-18-39(24,34(46)41-55(49,50)26-12-13-26)19-29(44)28-17-25-21-43(28)33(45)32(37(2,3)4)40-35(47)54-38(5,6)15-9-10-16-52-31-27-22-42(36(48)53-25)20-23(27)11-14-30(31)51-7/h8-11,14,24-26,28,32H,1,12-13,15-22H2,2-7H3,(H,40,47)(H,41,46)/b10-9+/t24-,25+,28?,32+,39-/m0/s1. The third-order valence-electron chi connectivity index (χ3n) is 11.1. The summed E-state index contributed by atoms with van der Waals surface area (Å²) in [5.74, 6) is -1.34. The highest BCUT2D eigenvalue weighted by atomic mass is 32.2. The Hall–Kier alpha value is -4.60. The van der Waals surface area contributed by atoms with Gasteiger partial charge in [0, 0.05) is 31.4 Å². The van der Waals surface area contributed by atoms with Crippen LogP contribution in [-0.4, -0.2) is 97.3 Å². The van der Waals surface area contributed by atoms with Gasteiger partial charge in [0.25, 0.3) is 0 Å². The van der Waals surface area contributed by atoms with Crippen molar-refractivity contribution >= 4 is 39.8 Å². The zero-order chi connectivity index (χ0) is 40.1. The number of carbonyl (C=O) groups is 5. The maximum atomic E-state index is 14.6. The Morgan fingerprint density at radius 3 is 2.49 bits per heavy atom. The van der Waals surface area contributed by atoms with Crippen molar-refractivity contribution in [3.8, 4) is 11.5 Å². The van der Waals surface area contributed by atoms with Crippen LogP contribution in [0.15, 0.2) is 36.9 Å². The minimum absolute atomic E-state index is 0.0733. The Balaban J connectivity index is 1.31. The second-order valence-corrected chi connectivity index (χ2v) is 18.9. The molecule has 0 aromatic heterocycles. The monoisotopic (exact) mass is 784 g/mol. The molecule has 6 rings (SSSR count). The van der Waals surface area contributed by atoms with Gasteiger partial charge in [0.2, 0.25) is 21.8 Å². The zero-order valence-corrected chi connectivity index (χ0v) is 33.2. The molecule has 2 N–H and O–H groups in total. The topological polar surface area (TPSA) is 187 Å². The number of rotatable bonds is 8. The van der Waals surface area contributed by atoms with E-state index in [2.05, 4.69) is 16.6 Å². The minimum atomic E-state index is -3.89. The molecule has 2 saturated carbocycles. The number of nitrogens with zero attached hydrogens (tertiary/aromatic N) is 2. The molecule has 5 atom stereocenters. The molecule has 4 amide bonds. The van der Waals surface area contributed by atoms with E-state index in [1.807, 2.05) is 12.1 Å². The minimum Gasteiger partial charge on any atom is -0.493 e. The third-order valence-corrected chi connectivity index (χ3v) is 12.9. The number of hydrogen-bond acceptors (Lipinski definition) is 11. The van der Waals surface area contributed by atoms with E-state index in [4.69, 9.17) is 18.9 Å². The van der Waals surface area contributed by atoms with Crippen molar-refractivity contribution in [3.05, 3.63) is 48.1 Å². The Morgan fingerprint density at radius 1 is 1.13 bits per heavy atom. The second kappa shape index (κ2) is 14.8. The molecule has 1 aromatic carbocycles. The summed E-state index contributed by atoms with van der Waals surface area (Å²) in [7, 11) is -2.37. The van der Waals surface area contributed by atoms with Gasteiger partial charge in [-0.05, 0) is 56.1 Å². The molecule has 3 fully saturated rings. The van der Waals surface area contributed by atoms with E-state index >= 15 is 0 Å². The number of alkyl carbamates (subject to hydrolysis) is 1. The molecule has 15 nitrogen and oxygen atoms in total. The summed E-state index contributed by atoms with van der Waals surface area (Å²) in [6, 6.07) is 1.31. The number of nitrogens with one attached hydrogen (secondary N) is 2. The predicted molar refractivity (Wildman–Crippen MR) is 199 cm³/mol. The molecule has 300 valence electrons. The first-order valence-corrected chi connectivity index (χ1v) is 20.3. The summed E-state index contributed by atoms with van der Waals surface area (Å²) in [5.41, 5.74) is -1.59. The van der Waals surface area contributed by atoms with Gasteiger partial charge in [-0.15, -0.1) is 6.58 Å². The number of sulfonamides is 1. The molecule has 5 aliphatic rings. The number of hydrogen-bond donors (Lipinski definition) is 2. The number of methoxy groups -OCH3 is 1. The van der Waals surface area contributed by atoms with Gasteiger partial charge in [0.1, 0.15) is 24.4 Å². The number of amides is 4. The highest BCUT2D eigenvalue weighted by molar-refractivity contribution is 7.90. The lowest BCUT2D eigenvalue weighted by molar-refractivity contribution is -0.142. The molecule has 2 aliphatic carbocycles. The van der Waals surface area contributed by atoms with Gasteiger partial charge in [-0.1, -0.05) is 45.1 Å². The lowest BCUT2D eigenvalue weighted by Crippen LogP contribution is -2.57. The number of cyclic esters (lactones) is 1.